The third-order valence-electron chi connectivity index (χ3n) is 5.10. The van der Waals surface area contributed by atoms with Gasteiger partial charge in [-0.15, -0.1) is 0 Å². The molecular formula is C19H15ClN2O5. The number of carboxylic acids is 1. The van der Waals surface area contributed by atoms with Crippen LogP contribution in [0.25, 0.3) is 0 Å². The largest absolute Gasteiger partial charge is 0.508 e. The highest BCUT2D eigenvalue weighted by molar-refractivity contribution is 6.31. The molecule has 0 aliphatic carbocycles. The standard InChI is InChI=1S/C19H15ClN2O5/c20-9-5-7-10(8-6-9)22-17(24)13-14(18(22)25)16(19(26)27)21-15(13)11-3-1-2-4-12(11)23/h1-8,13-16,21,23H,(H,26,27). The van der Waals surface area contributed by atoms with Crippen LogP contribution in [0.5, 0.6) is 5.75 Å². The summed E-state index contributed by atoms with van der Waals surface area (Å²) in [7, 11) is 0. The Hall–Kier alpha value is -2.90. The van der Waals surface area contributed by atoms with E-state index in [4.69, 9.17) is 11.6 Å². The fourth-order valence-electron chi connectivity index (χ4n) is 3.92. The van der Waals surface area contributed by atoms with Gasteiger partial charge in [0.2, 0.25) is 11.8 Å². The molecule has 0 spiro atoms. The van der Waals surface area contributed by atoms with Gasteiger partial charge in [0.25, 0.3) is 0 Å². The first-order valence-electron chi connectivity index (χ1n) is 8.30. The van der Waals surface area contributed by atoms with Gasteiger partial charge >= 0.3 is 5.97 Å². The number of phenols is 1. The first kappa shape index (κ1) is 17.5. The van der Waals surface area contributed by atoms with Crippen molar-refractivity contribution in [3.63, 3.8) is 0 Å². The monoisotopic (exact) mass is 386 g/mol. The van der Waals surface area contributed by atoms with Crippen LogP contribution in [0.3, 0.4) is 0 Å². The average molecular weight is 387 g/mol. The number of imide groups is 1. The number of halogens is 1. The zero-order valence-corrected chi connectivity index (χ0v) is 14.6. The molecule has 2 fully saturated rings. The van der Waals surface area contributed by atoms with Crippen LogP contribution < -0.4 is 10.2 Å². The van der Waals surface area contributed by atoms with Gasteiger partial charge in [-0.1, -0.05) is 29.8 Å². The lowest BCUT2D eigenvalue weighted by Gasteiger charge is -2.22. The molecule has 4 unspecified atom stereocenters. The molecule has 4 rings (SSSR count). The van der Waals surface area contributed by atoms with Crippen molar-refractivity contribution in [1.82, 2.24) is 5.32 Å². The van der Waals surface area contributed by atoms with Gasteiger partial charge in [0.05, 0.1) is 17.5 Å². The Kier molecular flexibility index (Phi) is 4.13. The van der Waals surface area contributed by atoms with Gasteiger partial charge in [0, 0.05) is 16.6 Å². The van der Waals surface area contributed by atoms with Crippen molar-refractivity contribution in [2.24, 2.45) is 11.8 Å². The number of amides is 2. The molecular weight excluding hydrogens is 372 g/mol. The number of anilines is 1. The van der Waals surface area contributed by atoms with Gasteiger partial charge in [0.15, 0.2) is 0 Å². The van der Waals surface area contributed by atoms with Crippen molar-refractivity contribution < 1.29 is 24.6 Å². The second-order valence-electron chi connectivity index (χ2n) is 6.56. The number of carboxylic acid groups (broad SMARTS) is 1. The average Bonchev–Trinajstić information content (AvgIpc) is 3.14. The molecule has 2 heterocycles. The summed E-state index contributed by atoms with van der Waals surface area (Å²) >= 11 is 5.87. The molecule has 2 aromatic carbocycles. The van der Waals surface area contributed by atoms with Gasteiger partial charge in [-0.05, 0) is 30.3 Å². The summed E-state index contributed by atoms with van der Waals surface area (Å²) < 4.78 is 0. The fourth-order valence-corrected chi connectivity index (χ4v) is 4.04. The Balaban J connectivity index is 1.79. The zero-order chi connectivity index (χ0) is 19.3. The number of nitrogens with zero attached hydrogens (tertiary/aromatic N) is 1. The molecule has 8 heteroatoms. The third kappa shape index (κ3) is 2.67. The van der Waals surface area contributed by atoms with Gasteiger partial charge in [0.1, 0.15) is 11.8 Å². The highest BCUT2D eigenvalue weighted by Crippen LogP contribution is 2.46. The van der Waals surface area contributed by atoms with E-state index in [-0.39, 0.29) is 5.75 Å². The molecule has 0 radical (unpaired) electrons. The number of nitrogens with one attached hydrogen (secondary N) is 1. The topological polar surface area (TPSA) is 107 Å². The van der Waals surface area contributed by atoms with Crippen LogP contribution in [0.15, 0.2) is 48.5 Å². The van der Waals surface area contributed by atoms with Crippen molar-refractivity contribution in [1.29, 1.82) is 0 Å². The van der Waals surface area contributed by atoms with E-state index in [9.17, 15) is 24.6 Å². The van der Waals surface area contributed by atoms with Gasteiger partial charge < -0.3 is 10.2 Å². The van der Waals surface area contributed by atoms with Gasteiger partial charge in [-0.25, -0.2) is 4.90 Å². The van der Waals surface area contributed by atoms with Gasteiger partial charge in [-0.3, -0.25) is 19.7 Å². The van der Waals surface area contributed by atoms with E-state index in [0.29, 0.717) is 16.3 Å². The van der Waals surface area contributed by atoms with Crippen LogP contribution in [0, 0.1) is 11.8 Å². The Morgan fingerprint density at radius 1 is 1.00 bits per heavy atom. The van der Waals surface area contributed by atoms with Crippen molar-refractivity contribution in [3.05, 3.63) is 59.1 Å². The highest BCUT2D eigenvalue weighted by Gasteiger charge is 2.61. The van der Waals surface area contributed by atoms with Crippen molar-refractivity contribution in [2.45, 2.75) is 12.1 Å². The first-order chi connectivity index (χ1) is 12.9. The Bertz CT molecular complexity index is 945. The van der Waals surface area contributed by atoms with Crippen molar-refractivity contribution in [2.75, 3.05) is 4.90 Å². The molecule has 0 saturated carbocycles. The van der Waals surface area contributed by atoms with E-state index in [1.54, 1.807) is 30.3 Å². The number of rotatable bonds is 3. The molecule has 3 N–H and O–H groups in total. The van der Waals surface area contributed by atoms with E-state index in [2.05, 4.69) is 5.32 Å². The number of aliphatic carboxylic acids is 1. The summed E-state index contributed by atoms with van der Waals surface area (Å²) in [5.74, 6) is -4.35. The summed E-state index contributed by atoms with van der Waals surface area (Å²) in [5, 5.41) is 23.0. The van der Waals surface area contributed by atoms with E-state index >= 15 is 0 Å². The number of phenolic OH excluding ortho intramolecular Hbond substituents is 1. The molecule has 2 aromatic rings. The Morgan fingerprint density at radius 3 is 2.26 bits per heavy atom. The van der Waals surface area contributed by atoms with Gasteiger partial charge in [-0.2, -0.15) is 0 Å². The number of para-hydroxylation sites is 1. The summed E-state index contributed by atoms with van der Waals surface area (Å²) in [6.45, 7) is 0. The lowest BCUT2D eigenvalue weighted by molar-refractivity contribution is -0.142. The number of benzene rings is 2. The number of fused-ring (bicyclic) bond motifs is 1. The zero-order valence-electron chi connectivity index (χ0n) is 13.9. The fraction of sp³-hybridized carbons (Fsp3) is 0.211. The molecule has 2 saturated heterocycles. The van der Waals surface area contributed by atoms with Crippen LogP contribution in [0.4, 0.5) is 5.69 Å². The minimum Gasteiger partial charge on any atom is -0.508 e. The molecule has 0 aromatic heterocycles. The molecule has 2 amide bonds. The van der Waals surface area contributed by atoms with Crippen LogP contribution >= 0.6 is 11.6 Å². The Morgan fingerprint density at radius 2 is 1.63 bits per heavy atom. The van der Waals surface area contributed by atoms with E-state index in [1.807, 2.05) is 0 Å². The van der Waals surface area contributed by atoms with E-state index < -0.39 is 41.7 Å². The maximum Gasteiger partial charge on any atom is 0.321 e. The molecule has 0 bridgehead atoms. The van der Waals surface area contributed by atoms with Crippen molar-refractivity contribution in [3.8, 4) is 5.75 Å². The summed E-state index contributed by atoms with van der Waals surface area (Å²) in [6, 6.07) is 10.5. The highest BCUT2D eigenvalue weighted by atomic mass is 35.5. The SMILES string of the molecule is O=C(O)C1NC(c2ccccc2O)C2C(=O)N(c3ccc(Cl)cc3)C(=O)C12. The number of hydrogen-bond donors (Lipinski definition) is 3. The third-order valence-corrected chi connectivity index (χ3v) is 5.35. The predicted octanol–water partition coefficient (Wildman–Crippen LogP) is 1.95. The van der Waals surface area contributed by atoms with Crippen LogP contribution in [0.2, 0.25) is 5.02 Å². The first-order valence-corrected chi connectivity index (χ1v) is 8.68. The van der Waals surface area contributed by atoms with Crippen LogP contribution in [-0.2, 0) is 14.4 Å². The number of carbonyl (C=O) groups is 3. The Labute approximate surface area is 159 Å². The predicted molar refractivity (Wildman–Crippen MR) is 96.3 cm³/mol. The quantitative estimate of drug-likeness (QED) is 0.696. The summed E-state index contributed by atoms with van der Waals surface area (Å²) in [5.41, 5.74) is 0.722. The van der Waals surface area contributed by atoms with E-state index in [0.717, 1.165) is 4.90 Å². The molecule has 27 heavy (non-hydrogen) atoms. The molecule has 138 valence electrons. The second-order valence-corrected chi connectivity index (χ2v) is 7.00. The van der Waals surface area contributed by atoms with Crippen LogP contribution in [-0.4, -0.2) is 34.0 Å². The normalized spacial score (nSPS) is 27.1. The maximum atomic E-state index is 13.1. The summed E-state index contributed by atoms with van der Waals surface area (Å²) in [4.78, 5) is 38.8. The minimum atomic E-state index is -1.23. The van der Waals surface area contributed by atoms with E-state index in [1.165, 1.54) is 18.2 Å². The smallest absolute Gasteiger partial charge is 0.321 e. The lowest BCUT2D eigenvalue weighted by atomic mass is 9.86. The number of aromatic hydroxyl groups is 1. The number of hydrogen-bond acceptors (Lipinski definition) is 5. The molecule has 4 atom stereocenters. The number of carbonyl (C=O) groups excluding carboxylic acids is 2. The molecule has 2 aliphatic heterocycles. The lowest BCUT2D eigenvalue weighted by Crippen LogP contribution is -2.43. The second kappa shape index (κ2) is 6.37. The molecule has 7 nitrogen and oxygen atoms in total. The minimum absolute atomic E-state index is 0.0648. The maximum absolute atomic E-state index is 13.1. The molecule has 2 aliphatic rings. The summed E-state index contributed by atoms with van der Waals surface area (Å²) in [6.07, 6.45) is 0. The van der Waals surface area contributed by atoms with Crippen molar-refractivity contribution >= 4 is 35.1 Å². The van der Waals surface area contributed by atoms with Crippen LogP contribution in [0.1, 0.15) is 11.6 Å².